The van der Waals surface area contributed by atoms with E-state index in [0.29, 0.717) is 30.4 Å². The van der Waals surface area contributed by atoms with Gasteiger partial charge in [0.2, 0.25) is 0 Å². The van der Waals surface area contributed by atoms with E-state index in [4.69, 9.17) is 16.3 Å². The second kappa shape index (κ2) is 8.12. The molecule has 6 nitrogen and oxygen atoms in total. The molecule has 0 saturated heterocycles. The minimum Gasteiger partial charge on any atom is -0.383 e. The molecule has 26 heavy (non-hydrogen) atoms. The number of aromatic nitrogens is 2. The molecule has 2 heterocycles. The van der Waals surface area contributed by atoms with Crippen molar-refractivity contribution < 1.29 is 9.53 Å². The van der Waals surface area contributed by atoms with Crippen LogP contribution in [0, 0.1) is 0 Å². The summed E-state index contributed by atoms with van der Waals surface area (Å²) in [6.45, 7) is 1.000. The van der Waals surface area contributed by atoms with Crippen LogP contribution in [0.2, 0.25) is 5.02 Å². The molecule has 0 aliphatic carbocycles. The smallest absolute Gasteiger partial charge is 0.265 e. The van der Waals surface area contributed by atoms with E-state index >= 15 is 0 Å². The minimum absolute atomic E-state index is 0.0792. The normalized spacial score (nSPS) is 10.8. The van der Waals surface area contributed by atoms with Gasteiger partial charge in [-0.3, -0.25) is 14.2 Å². The van der Waals surface area contributed by atoms with E-state index in [0.717, 1.165) is 10.9 Å². The van der Waals surface area contributed by atoms with E-state index in [-0.39, 0.29) is 11.1 Å². The van der Waals surface area contributed by atoms with E-state index < -0.39 is 5.91 Å². The maximum absolute atomic E-state index is 12.9. The number of hydrogen-bond acceptors (Lipinski definition) is 4. The summed E-state index contributed by atoms with van der Waals surface area (Å²) in [6.07, 6.45) is 1.62. The molecule has 2 aromatic heterocycles. The lowest BCUT2D eigenvalue weighted by atomic mass is 10.1. The van der Waals surface area contributed by atoms with Gasteiger partial charge in [0.25, 0.3) is 11.5 Å². The highest BCUT2D eigenvalue weighted by molar-refractivity contribution is 6.30. The fourth-order valence-corrected chi connectivity index (χ4v) is 2.78. The third-order valence-electron chi connectivity index (χ3n) is 3.94. The van der Waals surface area contributed by atoms with E-state index in [9.17, 15) is 9.59 Å². The standard InChI is InChI=1S/C19H18ClN3O3/c1-26-10-9-22-18(24)16-11-14-3-2-8-21-17(14)23(19(16)25)12-13-4-6-15(20)7-5-13/h2-8,11H,9-10,12H2,1H3,(H,22,24). The predicted molar refractivity (Wildman–Crippen MR) is 101 cm³/mol. The number of carbonyl (C=O) groups excluding carboxylic acids is 1. The largest absolute Gasteiger partial charge is 0.383 e. The van der Waals surface area contributed by atoms with E-state index in [1.807, 2.05) is 18.2 Å². The molecule has 0 unspecified atom stereocenters. The van der Waals surface area contributed by atoms with Gasteiger partial charge in [-0.2, -0.15) is 0 Å². The number of ether oxygens (including phenoxy) is 1. The van der Waals surface area contributed by atoms with Gasteiger partial charge >= 0.3 is 0 Å². The molecule has 1 aromatic carbocycles. The number of methoxy groups -OCH3 is 1. The van der Waals surface area contributed by atoms with Crippen LogP contribution in [-0.2, 0) is 11.3 Å². The molecule has 0 bridgehead atoms. The summed E-state index contributed by atoms with van der Waals surface area (Å²) in [7, 11) is 1.55. The average Bonchev–Trinajstić information content (AvgIpc) is 2.65. The molecule has 3 aromatic rings. The molecule has 134 valence electrons. The highest BCUT2D eigenvalue weighted by Gasteiger charge is 2.16. The van der Waals surface area contributed by atoms with Crippen molar-refractivity contribution >= 4 is 28.5 Å². The molecule has 0 spiro atoms. The topological polar surface area (TPSA) is 73.2 Å². The Hall–Kier alpha value is -2.70. The second-order valence-electron chi connectivity index (χ2n) is 5.74. The van der Waals surface area contributed by atoms with Crippen LogP contribution < -0.4 is 10.9 Å². The Bertz CT molecular complexity index is 983. The van der Waals surface area contributed by atoms with Gasteiger partial charge in [0.05, 0.1) is 13.2 Å². The van der Waals surface area contributed by atoms with Crippen LogP contribution >= 0.6 is 11.6 Å². The summed E-state index contributed by atoms with van der Waals surface area (Å²) in [4.78, 5) is 29.7. The molecule has 0 fully saturated rings. The Morgan fingerprint density at radius 1 is 1.27 bits per heavy atom. The molecule has 0 aliphatic rings. The van der Waals surface area contributed by atoms with Crippen LogP contribution in [-0.4, -0.2) is 35.7 Å². The first-order chi connectivity index (χ1) is 12.6. The first kappa shape index (κ1) is 18.1. The summed E-state index contributed by atoms with van der Waals surface area (Å²) >= 11 is 5.92. The maximum atomic E-state index is 12.9. The summed E-state index contributed by atoms with van der Waals surface area (Å²) in [5.74, 6) is -0.428. The van der Waals surface area contributed by atoms with Crippen LogP contribution in [0.1, 0.15) is 15.9 Å². The minimum atomic E-state index is -0.428. The number of pyridine rings is 2. The Balaban J connectivity index is 2.05. The fourth-order valence-electron chi connectivity index (χ4n) is 2.65. The van der Waals surface area contributed by atoms with Crippen molar-refractivity contribution in [3.05, 3.63) is 75.2 Å². The lowest BCUT2D eigenvalue weighted by Gasteiger charge is -2.12. The van der Waals surface area contributed by atoms with Crippen LogP contribution in [0.5, 0.6) is 0 Å². The van der Waals surface area contributed by atoms with Gasteiger partial charge in [0.15, 0.2) is 0 Å². The quantitative estimate of drug-likeness (QED) is 0.675. The van der Waals surface area contributed by atoms with Gasteiger partial charge in [0.1, 0.15) is 11.2 Å². The molecular weight excluding hydrogens is 354 g/mol. The Morgan fingerprint density at radius 2 is 2.04 bits per heavy atom. The van der Waals surface area contributed by atoms with Crippen molar-refractivity contribution in [2.45, 2.75) is 6.54 Å². The van der Waals surface area contributed by atoms with Crippen molar-refractivity contribution in [1.29, 1.82) is 0 Å². The summed E-state index contributed by atoms with van der Waals surface area (Å²) in [5.41, 5.74) is 1.11. The zero-order valence-corrected chi connectivity index (χ0v) is 15.0. The first-order valence-corrected chi connectivity index (χ1v) is 8.48. The zero-order valence-electron chi connectivity index (χ0n) is 14.2. The van der Waals surface area contributed by atoms with Gasteiger partial charge in [-0.1, -0.05) is 23.7 Å². The average molecular weight is 372 g/mol. The number of nitrogens with zero attached hydrogens (tertiary/aromatic N) is 2. The van der Waals surface area contributed by atoms with Gasteiger partial charge in [-0.15, -0.1) is 0 Å². The van der Waals surface area contributed by atoms with Crippen LogP contribution in [0.4, 0.5) is 0 Å². The van der Waals surface area contributed by atoms with Crippen LogP contribution in [0.15, 0.2) is 53.5 Å². The Labute approximate surface area is 155 Å². The van der Waals surface area contributed by atoms with E-state index in [2.05, 4.69) is 10.3 Å². The van der Waals surface area contributed by atoms with Gasteiger partial charge in [-0.25, -0.2) is 4.98 Å². The predicted octanol–water partition coefficient (Wildman–Crippen LogP) is 2.47. The SMILES string of the molecule is COCCNC(=O)c1cc2cccnc2n(Cc2ccc(Cl)cc2)c1=O. The van der Waals surface area contributed by atoms with Crippen LogP contribution in [0.25, 0.3) is 11.0 Å². The highest BCUT2D eigenvalue weighted by atomic mass is 35.5. The number of halogens is 1. The molecule has 7 heteroatoms. The van der Waals surface area contributed by atoms with E-state index in [1.54, 1.807) is 37.6 Å². The highest BCUT2D eigenvalue weighted by Crippen LogP contribution is 2.14. The fraction of sp³-hybridized carbons (Fsp3) is 0.211. The third kappa shape index (κ3) is 3.92. The molecule has 1 N–H and O–H groups in total. The van der Waals surface area contributed by atoms with Crippen LogP contribution in [0.3, 0.4) is 0 Å². The molecule has 0 atom stereocenters. The summed E-state index contributed by atoms with van der Waals surface area (Å²) in [5, 5.41) is 4.03. The van der Waals surface area contributed by atoms with Gasteiger partial charge in [-0.05, 0) is 35.9 Å². The van der Waals surface area contributed by atoms with Crippen molar-refractivity contribution in [3.8, 4) is 0 Å². The zero-order chi connectivity index (χ0) is 18.5. The lowest BCUT2D eigenvalue weighted by molar-refractivity contribution is 0.0935. The number of rotatable bonds is 6. The number of benzene rings is 1. The van der Waals surface area contributed by atoms with Crippen molar-refractivity contribution in [1.82, 2.24) is 14.9 Å². The monoisotopic (exact) mass is 371 g/mol. The maximum Gasteiger partial charge on any atom is 0.265 e. The molecule has 3 rings (SSSR count). The molecular formula is C19H18ClN3O3. The van der Waals surface area contributed by atoms with E-state index in [1.165, 1.54) is 4.57 Å². The molecule has 1 amide bonds. The number of nitrogens with one attached hydrogen (secondary N) is 1. The number of amides is 1. The van der Waals surface area contributed by atoms with Crippen molar-refractivity contribution in [2.24, 2.45) is 0 Å². The summed E-state index contributed by atoms with van der Waals surface area (Å²) in [6, 6.07) is 12.4. The van der Waals surface area contributed by atoms with Gasteiger partial charge in [0, 0.05) is 30.3 Å². The third-order valence-corrected chi connectivity index (χ3v) is 4.19. The first-order valence-electron chi connectivity index (χ1n) is 8.10. The summed E-state index contributed by atoms with van der Waals surface area (Å²) < 4.78 is 6.43. The van der Waals surface area contributed by atoms with Crippen molar-refractivity contribution in [3.63, 3.8) is 0 Å². The number of hydrogen-bond donors (Lipinski definition) is 1. The number of carbonyl (C=O) groups is 1. The van der Waals surface area contributed by atoms with Gasteiger partial charge < -0.3 is 10.1 Å². The molecule has 0 saturated carbocycles. The second-order valence-corrected chi connectivity index (χ2v) is 6.18. The lowest BCUT2D eigenvalue weighted by Crippen LogP contribution is -2.35. The Morgan fingerprint density at radius 3 is 2.77 bits per heavy atom. The van der Waals surface area contributed by atoms with Crippen molar-refractivity contribution in [2.75, 3.05) is 20.3 Å². The molecule has 0 aliphatic heterocycles. The number of fused-ring (bicyclic) bond motifs is 1. The Kier molecular flexibility index (Phi) is 5.65. The molecule has 0 radical (unpaired) electrons.